The molecule has 20 heavy (non-hydrogen) atoms. The summed E-state index contributed by atoms with van der Waals surface area (Å²) in [5.74, 6) is -0.323. The lowest BCUT2D eigenvalue weighted by molar-refractivity contribution is 0.167. The minimum Gasteiger partial charge on any atom is -0.246 e. The third-order valence-electron chi connectivity index (χ3n) is 4.68. The summed E-state index contributed by atoms with van der Waals surface area (Å²) in [4.78, 5) is 0.837. The minimum atomic E-state index is -0.323. The highest BCUT2D eigenvalue weighted by atomic mass is 32.2. The van der Waals surface area contributed by atoms with E-state index in [2.05, 4.69) is 4.31 Å². The van der Waals surface area contributed by atoms with E-state index in [0.29, 0.717) is 11.0 Å². The average molecular weight is 290 g/mol. The maximum Gasteiger partial charge on any atom is 0.125 e. The molecule has 2 nitrogen and oxygen atoms in total. The summed E-state index contributed by atoms with van der Waals surface area (Å²) < 4.78 is 15.7. The molecule has 1 saturated carbocycles. The van der Waals surface area contributed by atoms with Crippen LogP contribution in [0.2, 0.25) is 0 Å². The predicted molar refractivity (Wildman–Crippen MR) is 78.7 cm³/mol. The molecule has 1 aliphatic carbocycles. The van der Waals surface area contributed by atoms with Gasteiger partial charge in [0.2, 0.25) is 0 Å². The Morgan fingerprint density at radius 2 is 1.80 bits per heavy atom. The normalized spacial score (nSPS) is 22.0. The molecule has 1 heterocycles. The molecule has 0 N–H and O–H groups in total. The number of halogens is 1. The van der Waals surface area contributed by atoms with Crippen LogP contribution in [0, 0.1) is 22.6 Å². The van der Waals surface area contributed by atoms with Gasteiger partial charge >= 0.3 is 0 Å². The number of rotatable bonds is 2. The van der Waals surface area contributed by atoms with Gasteiger partial charge in [0.25, 0.3) is 0 Å². The summed E-state index contributed by atoms with van der Waals surface area (Å²) in [6, 6.07) is 6.59. The van der Waals surface area contributed by atoms with Gasteiger partial charge < -0.3 is 0 Å². The summed E-state index contributed by atoms with van der Waals surface area (Å²) in [5, 5.41) is 8.89. The molecule has 0 amide bonds. The van der Waals surface area contributed by atoms with Crippen LogP contribution in [0.25, 0.3) is 0 Å². The Morgan fingerprint density at radius 3 is 2.45 bits per heavy atom. The quantitative estimate of drug-likeness (QED) is 0.757. The fraction of sp³-hybridized carbons (Fsp3) is 0.562. The lowest BCUT2D eigenvalue weighted by Gasteiger charge is -2.38. The van der Waals surface area contributed by atoms with Crippen molar-refractivity contribution in [2.24, 2.45) is 5.41 Å². The first-order valence-electron chi connectivity index (χ1n) is 7.33. The standard InChI is InChI=1S/C16H19FN2S/c17-14-9-13(12-18)10-15(11-14)20-19-7-5-16(6-8-19)3-1-2-4-16/h9-11H,1-8H2. The van der Waals surface area contributed by atoms with Crippen molar-refractivity contribution in [1.29, 1.82) is 5.26 Å². The maximum atomic E-state index is 13.4. The first-order chi connectivity index (χ1) is 9.69. The summed E-state index contributed by atoms with van der Waals surface area (Å²) in [5.41, 5.74) is 1.01. The molecule has 0 radical (unpaired) electrons. The van der Waals surface area contributed by atoms with Crippen molar-refractivity contribution in [2.75, 3.05) is 13.1 Å². The Kier molecular flexibility index (Phi) is 4.00. The molecule has 1 saturated heterocycles. The van der Waals surface area contributed by atoms with E-state index in [0.717, 1.165) is 18.0 Å². The molecule has 2 fully saturated rings. The summed E-state index contributed by atoms with van der Waals surface area (Å²) >= 11 is 1.59. The molecule has 0 atom stereocenters. The molecule has 106 valence electrons. The number of nitriles is 1. The molecule has 1 aromatic rings. The molecule has 3 rings (SSSR count). The molecular weight excluding hydrogens is 271 g/mol. The van der Waals surface area contributed by atoms with Gasteiger partial charge in [0.15, 0.2) is 0 Å². The summed E-state index contributed by atoms with van der Waals surface area (Å²) in [6.07, 6.45) is 8.10. The van der Waals surface area contributed by atoms with Gasteiger partial charge in [0.1, 0.15) is 5.82 Å². The zero-order valence-electron chi connectivity index (χ0n) is 11.6. The SMILES string of the molecule is N#Cc1cc(F)cc(SN2CCC3(CCCC3)CC2)c1. The summed E-state index contributed by atoms with van der Waals surface area (Å²) in [6.45, 7) is 2.14. The van der Waals surface area contributed by atoms with Crippen LogP contribution in [0.15, 0.2) is 23.1 Å². The molecular formula is C16H19FN2S. The number of nitrogens with zero attached hydrogens (tertiary/aromatic N) is 2. The zero-order valence-corrected chi connectivity index (χ0v) is 12.4. The average Bonchev–Trinajstić information content (AvgIpc) is 2.89. The predicted octanol–water partition coefficient (Wildman–Crippen LogP) is 4.36. The van der Waals surface area contributed by atoms with Gasteiger partial charge in [0, 0.05) is 18.0 Å². The van der Waals surface area contributed by atoms with E-state index < -0.39 is 0 Å². The second-order valence-corrected chi connectivity index (χ2v) is 7.19. The van der Waals surface area contributed by atoms with Crippen molar-refractivity contribution in [1.82, 2.24) is 4.31 Å². The van der Waals surface area contributed by atoms with Crippen LogP contribution in [0.1, 0.15) is 44.1 Å². The van der Waals surface area contributed by atoms with Crippen molar-refractivity contribution in [3.8, 4) is 6.07 Å². The molecule has 1 spiro atoms. The fourth-order valence-corrected chi connectivity index (χ4v) is 4.51. The van der Waals surface area contributed by atoms with E-state index in [1.807, 2.05) is 6.07 Å². The van der Waals surface area contributed by atoms with Crippen LogP contribution in [0.5, 0.6) is 0 Å². The highest BCUT2D eigenvalue weighted by Crippen LogP contribution is 2.47. The van der Waals surface area contributed by atoms with Crippen molar-refractivity contribution >= 4 is 11.9 Å². The largest absolute Gasteiger partial charge is 0.246 e. The van der Waals surface area contributed by atoms with E-state index in [1.165, 1.54) is 50.7 Å². The van der Waals surface area contributed by atoms with Crippen LogP contribution in [0.4, 0.5) is 4.39 Å². The second-order valence-electron chi connectivity index (χ2n) is 6.01. The van der Waals surface area contributed by atoms with Gasteiger partial charge in [0.05, 0.1) is 11.6 Å². The van der Waals surface area contributed by atoms with Crippen molar-refractivity contribution in [3.63, 3.8) is 0 Å². The molecule has 1 aromatic carbocycles. The van der Waals surface area contributed by atoms with Crippen LogP contribution < -0.4 is 0 Å². The molecule has 1 aliphatic heterocycles. The third-order valence-corrected chi connectivity index (χ3v) is 5.75. The van der Waals surface area contributed by atoms with Gasteiger partial charge in [-0.1, -0.05) is 12.8 Å². The Hall–Kier alpha value is -1.05. The number of hydrogen-bond donors (Lipinski definition) is 0. The topological polar surface area (TPSA) is 27.0 Å². The lowest BCUT2D eigenvalue weighted by Crippen LogP contribution is -2.34. The molecule has 0 aromatic heterocycles. The van der Waals surface area contributed by atoms with Crippen LogP contribution in [-0.2, 0) is 0 Å². The Labute approximate surface area is 124 Å². The zero-order chi connectivity index (χ0) is 14.0. The Balaban J connectivity index is 1.62. The highest BCUT2D eigenvalue weighted by molar-refractivity contribution is 7.97. The van der Waals surface area contributed by atoms with E-state index in [1.54, 1.807) is 18.0 Å². The highest BCUT2D eigenvalue weighted by Gasteiger charge is 2.37. The smallest absolute Gasteiger partial charge is 0.125 e. The van der Waals surface area contributed by atoms with E-state index in [9.17, 15) is 4.39 Å². The monoisotopic (exact) mass is 290 g/mol. The van der Waals surface area contributed by atoms with Crippen LogP contribution in [0.3, 0.4) is 0 Å². The molecule has 2 aliphatic rings. The van der Waals surface area contributed by atoms with E-state index >= 15 is 0 Å². The Morgan fingerprint density at radius 1 is 1.10 bits per heavy atom. The molecule has 0 unspecified atom stereocenters. The van der Waals surface area contributed by atoms with Gasteiger partial charge in [-0.05, 0) is 61.2 Å². The third kappa shape index (κ3) is 2.99. The first-order valence-corrected chi connectivity index (χ1v) is 8.10. The number of piperidine rings is 1. The minimum absolute atomic E-state index is 0.323. The second kappa shape index (κ2) is 5.75. The van der Waals surface area contributed by atoms with Gasteiger partial charge in [-0.25, -0.2) is 8.70 Å². The summed E-state index contributed by atoms with van der Waals surface area (Å²) in [7, 11) is 0. The number of hydrogen-bond acceptors (Lipinski definition) is 3. The lowest BCUT2D eigenvalue weighted by atomic mass is 9.78. The Bertz CT molecular complexity index is 522. The molecule has 0 bridgehead atoms. The van der Waals surface area contributed by atoms with E-state index in [4.69, 9.17) is 5.26 Å². The maximum absolute atomic E-state index is 13.4. The first kappa shape index (κ1) is 13.9. The van der Waals surface area contributed by atoms with Gasteiger partial charge in [-0.2, -0.15) is 5.26 Å². The number of benzene rings is 1. The van der Waals surface area contributed by atoms with Crippen LogP contribution in [-0.4, -0.2) is 17.4 Å². The molecule has 4 heteroatoms. The van der Waals surface area contributed by atoms with Crippen molar-refractivity contribution in [3.05, 3.63) is 29.6 Å². The van der Waals surface area contributed by atoms with Gasteiger partial charge in [-0.3, -0.25) is 0 Å². The van der Waals surface area contributed by atoms with E-state index in [-0.39, 0.29) is 5.82 Å². The van der Waals surface area contributed by atoms with Crippen LogP contribution >= 0.6 is 11.9 Å². The van der Waals surface area contributed by atoms with Crippen molar-refractivity contribution < 1.29 is 4.39 Å². The van der Waals surface area contributed by atoms with Crippen molar-refractivity contribution in [2.45, 2.75) is 43.4 Å². The van der Waals surface area contributed by atoms with Gasteiger partial charge in [-0.15, -0.1) is 0 Å². The fourth-order valence-electron chi connectivity index (χ4n) is 3.51.